The smallest absolute Gasteiger partial charge is 0.237 e. The van der Waals surface area contributed by atoms with Crippen LogP contribution < -0.4 is 5.32 Å². The Morgan fingerprint density at radius 1 is 1.69 bits per heavy atom. The van der Waals surface area contributed by atoms with Gasteiger partial charge < -0.3 is 5.32 Å². The Kier molecular flexibility index (Phi) is 3.72. The van der Waals surface area contributed by atoms with Gasteiger partial charge in [0.1, 0.15) is 0 Å². The van der Waals surface area contributed by atoms with Crippen molar-refractivity contribution in [2.24, 2.45) is 0 Å². The summed E-state index contributed by atoms with van der Waals surface area (Å²) >= 11 is 0. The first-order valence-electron chi connectivity index (χ1n) is 5.15. The van der Waals surface area contributed by atoms with E-state index in [-0.39, 0.29) is 11.9 Å². The number of nitrogens with one attached hydrogen (secondary N) is 1. The average molecular weight is 184 g/mol. The Bertz CT molecular complexity index is 182. The Balaban J connectivity index is 2.38. The van der Waals surface area contributed by atoms with E-state index in [0.29, 0.717) is 6.04 Å². The van der Waals surface area contributed by atoms with Crippen LogP contribution in [0.5, 0.6) is 0 Å². The topological polar surface area (TPSA) is 32.3 Å². The molecule has 0 unspecified atom stereocenters. The normalized spacial score (nSPS) is 25.9. The van der Waals surface area contributed by atoms with Gasteiger partial charge in [-0.15, -0.1) is 0 Å². The van der Waals surface area contributed by atoms with E-state index in [1.165, 1.54) is 0 Å². The first kappa shape index (κ1) is 10.5. The van der Waals surface area contributed by atoms with Crippen molar-refractivity contribution in [1.29, 1.82) is 0 Å². The molecule has 1 N–H and O–H groups in total. The molecule has 0 aromatic rings. The molecule has 1 aliphatic rings. The summed E-state index contributed by atoms with van der Waals surface area (Å²) in [6, 6.07) is 0.426. The maximum atomic E-state index is 11.7. The van der Waals surface area contributed by atoms with Crippen LogP contribution in [0.3, 0.4) is 0 Å². The van der Waals surface area contributed by atoms with E-state index in [1.807, 2.05) is 14.0 Å². The molecule has 1 amide bonds. The zero-order chi connectivity index (χ0) is 9.84. The average Bonchev–Trinajstić information content (AvgIpc) is 2.51. The molecule has 1 heterocycles. The fourth-order valence-electron chi connectivity index (χ4n) is 1.68. The molecule has 1 rings (SSSR count). The summed E-state index contributed by atoms with van der Waals surface area (Å²) in [5, 5.41) is 3.02. The SMILES string of the molecule is CC[C@@H](C)NC(=O)[C@@H]1CCCN1C. The van der Waals surface area contributed by atoms with Crippen molar-refractivity contribution < 1.29 is 4.79 Å². The zero-order valence-electron chi connectivity index (χ0n) is 8.84. The molecule has 1 aliphatic heterocycles. The number of carbonyl (C=O) groups is 1. The maximum absolute atomic E-state index is 11.7. The number of amides is 1. The van der Waals surface area contributed by atoms with Gasteiger partial charge in [-0.2, -0.15) is 0 Å². The first-order chi connectivity index (χ1) is 6.15. The molecule has 3 heteroatoms. The third-order valence-corrected chi connectivity index (χ3v) is 2.82. The molecule has 0 spiro atoms. The zero-order valence-corrected chi connectivity index (χ0v) is 8.84. The Morgan fingerprint density at radius 3 is 2.85 bits per heavy atom. The highest BCUT2D eigenvalue weighted by atomic mass is 16.2. The number of rotatable bonds is 3. The van der Waals surface area contributed by atoms with Crippen molar-refractivity contribution in [2.75, 3.05) is 13.6 Å². The second-order valence-electron chi connectivity index (χ2n) is 3.96. The monoisotopic (exact) mass is 184 g/mol. The molecule has 2 atom stereocenters. The third kappa shape index (κ3) is 2.69. The van der Waals surface area contributed by atoms with Gasteiger partial charge in [0.25, 0.3) is 0 Å². The molecule has 13 heavy (non-hydrogen) atoms. The number of carbonyl (C=O) groups excluding carboxylic acids is 1. The van der Waals surface area contributed by atoms with Crippen molar-refractivity contribution >= 4 is 5.91 Å². The largest absolute Gasteiger partial charge is 0.352 e. The summed E-state index contributed by atoms with van der Waals surface area (Å²) in [6.45, 7) is 5.19. The van der Waals surface area contributed by atoms with Crippen LogP contribution in [0.2, 0.25) is 0 Å². The molecule has 0 aromatic heterocycles. The van der Waals surface area contributed by atoms with E-state index in [1.54, 1.807) is 0 Å². The third-order valence-electron chi connectivity index (χ3n) is 2.82. The Labute approximate surface area is 80.5 Å². The predicted octanol–water partition coefficient (Wildman–Crippen LogP) is 0.995. The van der Waals surface area contributed by atoms with Gasteiger partial charge in [-0.05, 0) is 39.8 Å². The van der Waals surface area contributed by atoms with Gasteiger partial charge in [-0.25, -0.2) is 0 Å². The highest BCUT2D eigenvalue weighted by Crippen LogP contribution is 2.14. The summed E-state index contributed by atoms with van der Waals surface area (Å²) in [5.41, 5.74) is 0. The van der Waals surface area contributed by atoms with Crippen molar-refractivity contribution in [3.63, 3.8) is 0 Å². The van der Waals surface area contributed by atoms with Gasteiger partial charge in [-0.3, -0.25) is 9.69 Å². The highest BCUT2D eigenvalue weighted by molar-refractivity contribution is 5.82. The number of likely N-dealkylation sites (tertiary alicyclic amines) is 1. The minimum Gasteiger partial charge on any atom is -0.352 e. The van der Waals surface area contributed by atoms with Crippen molar-refractivity contribution in [2.45, 2.75) is 45.2 Å². The van der Waals surface area contributed by atoms with Crippen LogP contribution in [0.4, 0.5) is 0 Å². The summed E-state index contributed by atoms with van der Waals surface area (Å²) in [4.78, 5) is 13.8. The molecule has 1 saturated heterocycles. The molecular formula is C10H20N2O. The number of hydrogen-bond acceptors (Lipinski definition) is 2. The Hall–Kier alpha value is -0.570. The molecule has 3 nitrogen and oxygen atoms in total. The van der Waals surface area contributed by atoms with Crippen molar-refractivity contribution in [1.82, 2.24) is 10.2 Å². The van der Waals surface area contributed by atoms with E-state index >= 15 is 0 Å². The number of nitrogens with zero attached hydrogens (tertiary/aromatic N) is 1. The molecule has 0 aromatic carbocycles. The molecule has 76 valence electrons. The van der Waals surface area contributed by atoms with Crippen LogP contribution in [0, 0.1) is 0 Å². The first-order valence-corrected chi connectivity index (χ1v) is 5.15. The molecule has 1 fully saturated rings. The van der Waals surface area contributed by atoms with Gasteiger partial charge in [0, 0.05) is 6.04 Å². The molecule has 0 bridgehead atoms. The van der Waals surface area contributed by atoms with Crippen LogP contribution in [0.1, 0.15) is 33.1 Å². The molecule has 0 aliphatic carbocycles. The molecular weight excluding hydrogens is 164 g/mol. The molecule has 0 radical (unpaired) electrons. The minimum absolute atomic E-state index is 0.119. The summed E-state index contributed by atoms with van der Waals surface area (Å²) < 4.78 is 0. The van der Waals surface area contributed by atoms with E-state index < -0.39 is 0 Å². The van der Waals surface area contributed by atoms with E-state index in [9.17, 15) is 4.79 Å². The Morgan fingerprint density at radius 2 is 2.38 bits per heavy atom. The fraction of sp³-hybridized carbons (Fsp3) is 0.900. The standard InChI is InChI=1S/C10H20N2O/c1-4-8(2)11-10(13)9-6-5-7-12(9)3/h8-9H,4-7H2,1-3H3,(H,11,13)/t8-,9+/m1/s1. The van der Waals surface area contributed by atoms with E-state index in [0.717, 1.165) is 25.8 Å². The predicted molar refractivity (Wildman–Crippen MR) is 53.5 cm³/mol. The summed E-state index contributed by atoms with van der Waals surface area (Å²) in [5.74, 6) is 0.203. The van der Waals surface area contributed by atoms with Crippen molar-refractivity contribution in [3.05, 3.63) is 0 Å². The lowest BCUT2D eigenvalue weighted by atomic mass is 10.2. The van der Waals surface area contributed by atoms with Gasteiger partial charge in [0.15, 0.2) is 0 Å². The van der Waals surface area contributed by atoms with Crippen LogP contribution in [0.15, 0.2) is 0 Å². The van der Waals surface area contributed by atoms with E-state index in [2.05, 4.69) is 17.1 Å². The van der Waals surface area contributed by atoms with Crippen LogP contribution in [-0.4, -0.2) is 36.5 Å². The molecule has 0 saturated carbocycles. The second-order valence-corrected chi connectivity index (χ2v) is 3.96. The minimum atomic E-state index is 0.119. The summed E-state index contributed by atoms with van der Waals surface area (Å²) in [6.07, 6.45) is 3.16. The number of likely N-dealkylation sites (N-methyl/N-ethyl adjacent to an activating group) is 1. The number of hydrogen-bond donors (Lipinski definition) is 1. The fourth-order valence-corrected chi connectivity index (χ4v) is 1.68. The maximum Gasteiger partial charge on any atom is 0.237 e. The van der Waals surface area contributed by atoms with Crippen LogP contribution >= 0.6 is 0 Å². The van der Waals surface area contributed by atoms with Gasteiger partial charge in [0.05, 0.1) is 6.04 Å². The van der Waals surface area contributed by atoms with Crippen LogP contribution in [-0.2, 0) is 4.79 Å². The lowest BCUT2D eigenvalue weighted by Crippen LogP contribution is -2.44. The summed E-state index contributed by atoms with van der Waals surface area (Å²) in [7, 11) is 2.02. The van der Waals surface area contributed by atoms with Gasteiger partial charge in [0.2, 0.25) is 5.91 Å². The lowest BCUT2D eigenvalue weighted by Gasteiger charge is -2.21. The van der Waals surface area contributed by atoms with Crippen LogP contribution in [0.25, 0.3) is 0 Å². The van der Waals surface area contributed by atoms with Crippen molar-refractivity contribution in [3.8, 4) is 0 Å². The lowest BCUT2D eigenvalue weighted by molar-refractivity contribution is -0.125. The highest BCUT2D eigenvalue weighted by Gasteiger charge is 2.27. The van der Waals surface area contributed by atoms with Gasteiger partial charge >= 0.3 is 0 Å². The quantitative estimate of drug-likeness (QED) is 0.709. The van der Waals surface area contributed by atoms with E-state index in [4.69, 9.17) is 0 Å². The van der Waals surface area contributed by atoms with Gasteiger partial charge in [-0.1, -0.05) is 6.92 Å². The second kappa shape index (κ2) is 4.61.